The summed E-state index contributed by atoms with van der Waals surface area (Å²) in [5, 5.41) is 0. The van der Waals surface area contributed by atoms with Crippen LogP contribution in [-0.4, -0.2) is 28.8 Å². The van der Waals surface area contributed by atoms with Crippen molar-refractivity contribution < 1.29 is 14.3 Å². The Morgan fingerprint density at radius 1 is 1.47 bits per heavy atom. The van der Waals surface area contributed by atoms with E-state index in [-0.39, 0.29) is 11.5 Å². The first kappa shape index (κ1) is 11.3. The van der Waals surface area contributed by atoms with E-state index in [2.05, 4.69) is 14.7 Å². The predicted molar refractivity (Wildman–Crippen MR) is 52.3 cm³/mol. The van der Waals surface area contributed by atoms with Crippen LogP contribution in [0, 0.1) is 12.8 Å². The average molecular weight is 208 g/mol. The third-order valence-electron chi connectivity index (χ3n) is 1.98. The number of methoxy groups -OCH3 is 1. The lowest BCUT2D eigenvalue weighted by Crippen LogP contribution is -2.23. The number of hydrogen-bond donors (Lipinski definition) is 0. The van der Waals surface area contributed by atoms with Crippen molar-refractivity contribution >= 4 is 11.8 Å². The molecule has 1 heterocycles. The Labute approximate surface area is 87.5 Å². The molecule has 0 aliphatic carbocycles. The summed E-state index contributed by atoms with van der Waals surface area (Å²) in [5.74, 6) is -1.24. The summed E-state index contributed by atoms with van der Waals surface area (Å²) < 4.78 is 4.48. The van der Waals surface area contributed by atoms with Gasteiger partial charge in [-0.3, -0.25) is 9.59 Å². The molecule has 80 valence electrons. The number of aromatic nitrogens is 2. The third-order valence-corrected chi connectivity index (χ3v) is 1.98. The zero-order valence-electron chi connectivity index (χ0n) is 8.85. The summed E-state index contributed by atoms with van der Waals surface area (Å²) in [4.78, 5) is 30.6. The summed E-state index contributed by atoms with van der Waals surface area (Å²) in [6.45, 7) is 3.17. The Hall–Kier alpha value is -1.78. The van der Waals surface area contributed by atoms with Crippen LogP contribution in [0.5, 0.6) is 0 Å². The van der Waals surface area contributed by atoms with Crippen LogP contribution in [0.4, 0.5) is 0 Å². The minimum absolute atomic E-state index is 0.236. The van der Waals surface area contributed by atoms with Crippen molar-refractivity contribution in [1.29, 1.82) is 0 Å². The van der Waals surface area contributed by atoms with Gasteiger partial charge in [0.05, 0.1) is 7.11 Å². The van der Waals surface area contributed by atoms with Crippen molar-refractivity contribution in [3.8, 4) is 0 Å². The first-order chi connectivity index (χ1) is 7.06. The maximum absolute atomic E-state index is 11.7. The quantitative estimate of drug-likeness (QED) is 0.417. The zero-order chi connectivity index (χ0) is 11.4. The lowest BCUT2D eigenvalue weighted by molar-refractivity contribution is -0.143. The molecule has 0 spiro atoms. The van der Waals surface area contributed by atoms with Gasteiger partial charge in [0, 0.05) is 6.20 Å². The van der Waals surface area contributed by atoms with Gasteiger partial charge in [0.15, 0.2) is 5.78 Å². The number of aryl methyl sites for hydroxylation is 1. The van der Waals surface area contributed by atoms with Crippen LogP contribution in [0.15, 0.2) is 12.3 Å². The number of Topliss-reactive ketones (excluding diaryl/α,β-unsaturated/α-hetero) is 1. The molecule has 1 atom stereocenters. The van der Waals surface area contributed by atoms with Gasteiger partial charge in [0.2, 0.25) is 0 Å². The normalized spacial score (nSPS) is 11.9. The summed E-state index contributed by atoms with van der Waals surface area (Å²) in [5.41, 5.74) is 0.236. The summed E-state index contributed by atoms with van der Waals surface area (Å²) in [7, 11) is 1.25. The van der Waals surface area contributed by atoms with Crippen LogP contribution in [0.3, 0.4) is 0 Å². The standard InChI is InChI=1S/C10H12N2O3/c1-6(10(14)15-3)9(13)8-4-5-11-7(2)12-8/h4-6H,1-3H3. The Morgan fingerprint density at radius 3 is 2.67 bits per heavy atom. The van der Waals surface area contributed by atoms with Crippen LogP contribution in [0.25, 0.3) is 0 Å². The molecule has 1 aromatic heterocycles. The molecule has 0 aliphatic heterocycles. The van der Waals surface area contributed by atoms with Gasteiger partial charge in [-0.2, -0.15) is 0 Å². The molecule has 0 N–H and O–H groups in total. The molecule has 1 aromatic rings. The SMILES string of the molecule is COC(=O)C(C)C(=O)c1ccnc(C)n1. The fourth-order valence-electron chi connectivity index (χ4n) is 1.10. The molecule has 0 aliphatic rings. The van der Waals surface area contributed by atoms with E-state index in [1.54, 1.807) is 6.92 Å². The molecular formula is C10H12N2O3. The Balaban J connectivity index is 2.90. The summed E-state index contributed by atoms with van der Waals surface area (Å²) in [6, 6.07) is 1.48. The van der Waals surface area contributed by atoms with Gasteiger partial charge < -0.3 is 4.74 Å². The van der Waals surface area contributed by atoms with Crippen molar-refractivity contribution in [3.05, 3.63) is 23.8 Å². The van der Waals surface area contributed by atoms with E-state index in [9.17, 15) is 9.59 Å². The molecule has 1 rings (SSSR count). The number of carbonyl (C=O) groups is 2. The van der Waals surface area contributed by atoms with Crippen molar-refractivity contribution in [3.63, 3.8) is 0 Å². The lowest BCUT2D eigenvalue weighted by Gasteiger charge is -2.07. The van der Waals surface area contributed by atoms with Crippen LogP contribution in [0.1, 0.15) is 23.2 Å². The van der Waals surface area contributed by atoms with E-state index < -0.39 is 11.9 Å². The maximum Gasteiger partial charge on any atom is 0.316 e. The van der Waals surface area contributed by atoms with Gasteiger partial charge in [0.1, 0.15) is 17.4 Å². The molecule has 15 heavy (non-hydrogen) atoms. The number of esters is 1. The fraction of sp³-hybridized carbons (Fsp3) is 0.400. The second-order valence-electron chi connectivity index (χ2n) is 3.10. The molecule has 0 fully saturated rings. The summed E-state index contributed by atoms with van der Waals surface area (Å²) in [6.07, 6.45) is 1.49. The van der Waals surface area contributed by atoms with E-state index in [1.807, 2.05) is 0 Å². The van der Waals surface area contributed by atoms with E-state index in [4.69, 9.17) is 0 Å². The minimum Gasteiger partial charge on any atom is -0.468 e. The minimum atomic E-state index is -0.829. The van der Waals surface area contributed by atoms with E-state index in [0.717, 1.165) is 0 Å². The van der Waals surface area contributed by atoms with Crippen molar-refractivity contribution in [2.24, 2.45) is 5.92 Å². The van der Waals surface area contributed by atoms with Crippen LogP contribution in [0.2, 0.25) is 0 Å². The van der Waals surface area contributed by atoms with Crippen LogP contribution in [-0.2, 0) is 9.53 Å². The van der Waals surface area contributed by atoms with E-state index in [1.165, 1.54) is 26.3 Å². The number of carbonyl (C=O) groups excluding carboxylic acids is 2. The highest BCUT2D eigenvalue weighted by Gasteiger charge is 2.24. The molecule has 0 radical (unpaired) electrons. The van der Waals surface area contributed by atoms with Gasteiger partial charge in [0.25, 0.3) is 0 Å². The molecule has 5 nitrogen and oxygen atoms in total. The summed E-state index contributed by atoms with van der Waals surface area (Å²) >= 11 is 0. The number of hydrogen-bond acceptors (Lipinski definition) is 5. The molecule has 0 saturated heterocycles. The fourth-order valence-corrected chi connectivity index (χ4v) is 1.10. The molecular weight excluding hydrogens is 196 g/mol. The molecule has 0 bridgehead atoms. The highest BCUT2D eigenvalue weighted by molar-refractivity contribution is 6.07. The monoisotopic (exact) mass is 208 g/mol. The van der Waals surface area contributed by atoms with E-state index >= 15 is 0 Å². The molecule has 0 amide bonds. The smallest absolute Gasteiger partial charge is 0.316 e. The van der Waals surface area contributed by atoms with Crippen molar-refractivity contribution in [2.75, 3.05) is 7.11 Å². The Bertz CT molecular complexity index is 390. The van der Waals surface area contributed by atoms with Crippen LogP contribution >= 0.6 is 0 Å². The van der Waals surface area contributed by atoms with Gasteiger partial charge >= 0.3 is 5.97 Å². The highest BCUT2D eigenvalue weighted by Crippen LogP contribution is 2.07. The van der Waals surface area contributed by atoms with E-state index in [0.29, 0.717) is 5.82 Å². The number of nitrogens with zero attached hydrogens (tertiary/aromatic N) is 2. The maximum atomic E-state index is 11.7. The third kappa shape index (κ3) is 2.59. The molecule has 1 unspecified atom stereocenters. The van der Waals surface area contributed by atoms with Gasteiger partial charge in [-0.05, 0) is 19.9 Å². The second-order valence-corrected chi connectivity index (χ2v) is 3.10. The second kappa shape index (κ2) is 4.63. The number of ether oxygens (including phenoxy) is 1. The van der Waals surface area contributed by atoms with Gasteiger partial charge in [-0.1, -0.05) is 0 Å². The Morgan fingerprint density at radius 2 is 2.13 bits per heavy atom. The largest absolute Gasteiger partial charge is 0.468 e. The van der Waals surface area contributed by atoms with Gasteiger partial charge in [-0.25, -0.2) is 9.97 Å². The number of ketones is 1. The molecule has 0 saturated carbocycles. The van der Waals surface area contributed by atoms with Gasteiger partial charge in [-0.15, -0.1) is 0 Å². The van der Waals surface area contributed by atoms with Crippen molar-refractivity contribution in [1.82, 2.24) is 9.97 Å². The zero-order valence-corrected chi connectivity index (χ0v) is 8.85. The Kier molecular flexibility index (Phi) is 3.49. The average Bonchev–Trinajstić information content (AvgIpc) is 2.26. The highest BCUT2D eigenvalue weighted by atomic mass is 16.5. The first-order valence-electron chi connectivity index (χ1n) is 4.48. The van der Waals surface area contributed by atoms with Crippen molar-refractivity contribution in [2.45, 2.75) is 13.8 Å². The predicted octanol–water partition coefficient (Wildman–Crippen LogP) is 0.777. The molecule has 0 aromatic carbocycles. The topological polar surface area (TPSA) is 69.2 Å². The number of rotatable bonds is 3. The van der Waals surface area contributed by atoms with Crippen LogP contribution < -0.4 is 0 Å². The first-order valence-corrected chi connectivity index (χ1v) is 4.48. The molecule has 5 heteroatoms. The lowest BCUT2D eigenvalue weighted by atomic mass is 10.0.